The molecule has 0 bridgehead atoms. The second kappa shape index (κ2) is 7.99. The van der Waals surface area contributed by atoms with Gasteiger partial charge in [-0.2, -0.15) is 0 Å². The first-order chi connectivity index (χ1) is 10.1. The topological polar surface area (TPSA) is 38.0 Å². The number of aryl methyl sites for hydroxylation is 2. The minimum Gasteiger partial charge on any atom is -0.271 e. The van der Waals surface area contributed by atoms with Crippen molar-refractivity contribution in [2.45, 2.75) is 31.2 Å². The first kappa shape index (κ1) is 16.6. The van der Waals surface area contributed by atoms with Gasteiger partial charge in [-0.1, -0.05) is 40.2 Å². The molecule has 0 aromatic heterocycles. The summed E-state index contributed by atoms with van der Waals surface area (Å²) in [5.41, 5.74) is 6.94. The zero-order chi connectivity index (χ0) is 15.2. The van der Waals surface area contributed by atoms with Crippen LogP contribution in [-0.4, -0.2) is 11.8 Å². The third-order valence-corrected chi connectivity index (χ3v) is 5.19. The van der Waals surface area contributed by atoms with Crippen molar-refractivity contribution in [2.75, 3.05) is 5.75 Å². The number of hydrogen-bond acceptors (Lipinski definition) is 3. The van der Waals surface area contributed by atoms with Crippen LogP contribution in [0.4, 0.5) is 0 Å². The fourth-order valence-corrected chi connectivity index (χ4v) is 3.68. The highest BCUT2D eigenvalue weighted by Crippen LogP contribution is 2.23. The number of hydrogen-bond donors (Lipinski definition) is 2. The molecule has 21 heavy (non-hydrogen) atoms. The van der Waals surface area contributed by atoms with Crippen LogP contribution in [-0.2, 0) is 6.42 Å². The Kier molecular flexibility index (Phi) is 6.30. The summed E-state index contributed by atoms with van der Waals surface area (Å²) in [6, 6.07) is 15.2. The summed E-state index contributed by atoms with van der Waals surface area (Å²) in [7, 11) is 0. The maximum Gasteiger partial charge on any atom is 0.0344 e. The molecule has 1 unspecified atom stereocenters. The van der Waals surface area contributed by atoms with Crippen molar-refractivity contribution in [1.29, 1.82) is 0 Å². The molecule has 0 fully saturated rings. The quantitative estimate of drug-likeness (QED) is 0.457. The van der Waals surface area contributed by atoms with Crippen LogP contribution in [0.3, 0.4) is 0 Å². The lowest BCUT2D eigenvalue weighted by Gasteiger charge is -2.16. The van der Waals surface area contributed by atoms with E-state index < -0.39 is 0 Å². The predicted octanol–water partition coefficient (Wildman–Crippen LogP) is 4.23. The molecule has 0 aliphatic rings. The third-order valence-electron chi connectivity index (χ3n) is 3.54. The lowest BCUT2D eigenvalue weighted by molar-refractivity contribution is 0.575. The van der Waals surface area contributed by atoms with Crippen molar-refractivity contribution in [3.63, 3.8) is 0 Å². The highest BCUT2D eigenvalue weighted by atomic mass is 79.9. The lowest BCUT2D eigenvalue weighted by Crippen LogP contribution is -2.38. The van der Waals surface area contributed by atoms with Gasteiger partial charge in [-0.3, -0.25) is 11.3 Å². The molecule has 0 amide bonds. The second-order valence-corrected chi connectivity index (χ2v) is 7.26. The Morgan fingerprint density at radius 2 is 1.95 bits per heavy atom. The maximum atomic E-state index is 5.71. The van der Waals surface area contributed by atoms with E-state index in [1.54, 1.807) is 0 Å². The molecule has 3 N–H and O–H groups in total. The smallest absolute Gasteiger partial charge is 0.0344 e. The molecule has 2 aromatic carbocycles. The standard InChI is InChI=1S/C17H21BrN2S/c1-12-6-7-14(8-13(12)2)9-16(20-19)11-21-17-5-3-4-15(18)10-17/h3-8,10,16,20H,9,11,19H2,1-2H3. The largest absolute Gasteiger partial charge is 0.271 e. The number of thioether (sulfide) groups is 1. The third kappa shape index (κ3) is 5.15. The van der Waals surface area contributed by atoms with Crippen molar-refractivity contribution in [3.05, 3.63) is 63.6 Å². The number of halogens is 1. The van der Waals surface area contributed by atoms with E-state index in [0.717, 1.165) is 16.6 Å². The molecule has 0 saturated heterocycles. The predicted molar refractivity (Wildman–Crippen MR) is 95.6 cm³/mol. The van der Waals surface area contributed by atoms with Gasteiger partial charge in [-0.05, 0) is 55.2 Å². The summed E-state index contributed by atoms with van der Waals surface area (Å²) in [6.45, 7) is 4.29. The van der Waals surface area contributed by atoms with Gasteiger partial charge in [0.15, 0.2) is 0 Å². The number of nitrogens with one attached hydrogen (secondary N) is 1. The molecule has 0 heterocycles. The van der Waals surface area contributed by atoms with Crippen molar-refractivity contribution < 1.29 is 0 Å². The molecule has 4 heteroatoms. The summed E-state index contributed by atoms with van der Waals surface area (Å²) >= 11 is 5.32. The molecule has 0 radical (unpaired) electrons. The summed E-state index contributed by atoms with van der Waals surface area (Å²) in [5, 5.41) is 0. The van der Waals surface area contributed by atoms with Crippen LogP contribution in [0, 0.1) is 13.8 Å². The molecule has 0 aliphatic heterocycles. The molecule has 2 aromatic rings. The molecular weight excluding hydrogens is 344 g/mol. The maximum absolute atomic E-state index is 5.71. The number of nitrogens with two attached hydrogens (primary N) is 1. The van der Waals surface area contributed by atoms with E-state index in [2.05, 4.69) is 71.6 Å². The molecule has 2 nitrogen and oxygen atoms in total. The van der Waals surface area contributed by atoms with Gasteiger partial charge in [0.25, 0.3) is 0 Å². The summed E-state index contributed by atoms with van der Waals surface area (Å²) < 4.78 is 1.11. The van der Waals surface area contributed by atoms with Gasteiger partial charge in [0.1, 0.15) is 0 Å². The normalized spacial score (nSPS) is 12.4. The Balaban J connectivity index is 1.95. The Bertz CT molecular complexity index is 601. The van der Waals surface area contributed by atoms with Crippen molar-refractivity contribution in [1.82, 2.24) is 5.43 Å². The molecule has 1 atom stereocenters. The van der Waals surface area contributed by atoms with Gasteiger partial charge in [0.05, 0.1) is 0 Å². The first-order valence-corrected chi connectivity index (χ1v) is 8.77. The Morgan fingerprint density at radius 3 is 2.62 bits per heavy atom. The number of benzene rings is 2. The average Bonchev–Trinajstić information content (AvgIpc) is 2.47. The molecular formula is C17H21BrN2S. The Labute approximate surface area is 139 Å². The first-order valence-electron chi connectivity index (χ1n) is 6.99. The van der Waals surface area contributed by atoms with Gasteiger partial charge < -0.3 is 0 Å². The second-order valence-electron chi connectivity index (χ2n) is 5.25. The lowest BCUT2D eigenvalue weighted by atomic mass is 10.0. The van der Waals surface area contributed by atoms with E-state index in [-0.39, 0.29) is 6.04 Å². The van der Waals surface area contributed by atoms with Crippen LogP contribution in [0.5, 0.6) is 0 Å². The van der Waals surface area contributed by atoms with Crippen LogP contribution in [0.2, 0.25) is 0 Å². The van der Waals surface area contributed by atoms with Crippen molar-refractivity contribution in [2.24, 2.45) is 5.84 Å². The van der Waals surface area contributed by atoms with Crippen LogP contribution in [0.15, 0.2) is 51.8 Å². The summed E-state index contributed by atoms with van der Waals surface area (Å²) in [4.78, 5) is 1.25. The Hall–Kier alpha value is -0.810. The fraction of sp³-hybridized carbons (Fsp3) is 0.294. The van der Waals surface area contributed by atoms with Gasteiger partial charge in [0, 0.05) is 21.2 Å². The minimum absolute atomic E-state index is 0.260. The molecule has 0 saturated carbocycles. The van der Waals surface area contributed by atoms with Crippen LogP contribution >= 0.6 is 27.7 Å². The molecule has 112 valence electrons. The minimum atomic E-state index is 0.260. The fourth-order valence-electron chi connectivity index (χ4n) is 2.13. The SMILES string of the molecule is Cc1ccc(CC(CSc2cccc(Br)c2)NN)cc1C. The van der Waals surface area contributed by atoms with E-state index in [1.165, 1.54) is 21.6 Å². The van der Waals surface area contributed by atoms with E-state index in [4.69, 9.17) is 5.84 Å². The van der Waals surface area contributed by atoms with Gasteiger partial charge in [0.2, 0.25) is 0 Å². The van der Waals surface area contributed by atoms with Gasteiger partial charge in [-0.25, -0.2) is 0 Å². The summed E-state index contributed by atoms with van der Waals surface area (Å²) in [6.07, 6.45) is 0.943. The van der Waals surface area contributed by atoms with Crippen molar-refractivity contribution in [3.8, 4) is 0 Å². The van der Waals surface area contributed by atoms with E-state index in [0.29, 0.717) is 0 Å². The molecule has 2 rings (SSSR count). The van der Waals surface area contributed by atoms with E-state index >= 15 is 0 Å². The van der Waals surface area contributed by atoms with Crippen LogP contribution in [0.25, 0.3) is 0 Å². The van der Waals surface area contributed by atoms with Gasteiger partial charge in [-0.15, -0.1) is 11.8 Å². The summed E-state index contributed by atoms with van der Waals surface area (Å²) in [5.74, 6) is 6.65. The average molecular weight is 365 g/mol. The molecule has 0 spiro atoms. The van der Waals surface area contributed by atoms with Crippen LogP contribution < -0.4 is 11.3 Å². The van der Waals surface area contributed by atoms with Crippen molar-refractivity contribution >= 4 is 27.7 Å². The van der Waals surface area contributed by atoms with Crippen LogP contribution in [0.1, 0.15) is 16.7 Å². The zero-order valence-corrected chi connectivity index (χ0v) is 14.8. The number of hydrazine groups is 1. The number of rotatable bonds is 6. The highest BCUT2D eigenvalue weighted by molar-refractivity contribution is 9.10. The molecule has 0 aliphatic carbocycles. The zero-order valence-electron chi connectivity index (χ0n) is 12.4. The Morgan fingerprint density at radius 1 is 1.14 bits per heavy atom. The van der Waals surface area contributed by atoms with Gasteiger partial charge >= 0.3 is 0 Å². The van der Waals surface area contributed by atoms with E-state index in [9.17, 15) is 0 Å². The highest BCUT2D eigenvalue weighted by Gasteiger charge is 2.09. The monoisotopic (exact) mass is 364 g/mol. The van der Waals surface area contributed by atoms with E-state index in [1.807, 2.05) is 17.8 Å².